The van der Waals surface area contributed by atoms with Crippen molar-refractivity contribution in [3.63, 3.8) is 0 Å². The normalized spacial score (nSPS) is 28.2. The van der Waals surface area contributed by atoms with Crippen LogP contribution in [0, 0.1) is 0 Å². The molecule has 3 heteroatoms. The second-order valence-electron chi connectivity index (χ2n) is 2.76. The van der Waals surface area contributed by atoms with Crippen LogP contribution >= 0.6 is 11.9 Å². The van der Waals surface area contributed by atoms with Gasteiger partial charge in [0.2, 0.25) is 0 Å². The summed E-state index contributed by atoms with van der Waals surface area (Å²) < 4.78 is 4.30. The maximum Gasteiger partial charge on any atom is 0.123 e. The van der Waals surface area contributed by atoms with E-state index in [1.54, 1.807) is 11.9 Å². The summed E-state index contributed by atoms with van der Waals surface area (Å²) in [6, 6.07) is 0. The molecule has 58 valence electrons. The molecule has 0 spiro atoms. The molecule has 0 aliphatic carbocycles. The summed E-state index contributed by atoms with van der Waals surface area (Å²) in [5.74, 6) is 1.10. The van der Waals surface area contributed by atoms with Crippen LogP contribution in [0.1, 0.15) is 13.8 Å². The highest BCUT2D eigenvalue weighted by Crippen LogP contribution is 2.33. The number of amidine groups is 1. The highest BCUT2D eigenvalue weighted by Gasteiger charge is 2.26. The van der Waals surface area contributed by atoms with Gasteiger partial charge in [-0.25, -0.2) is 4.40 Å². The topological polar surface area (TPSA) is 15.6 Å². The van der Waals surface area contributed by atoms with E-state index in [9.17, 15) is 0 Å². The first-order valence-corrected chi connectivity index (χ1v) is 4.46. The summed E-state index contributed by atoms with van der Waals surface area (Å²) in [6.07, 6.45) is 6.29. The van der Waals surface area contributed by atoms with Crippen molar-refractivity contribution in [2.75, 3.05) is 0 Å². The monoisotopic (exact) mass is 166 g/mol. The van der Waals surface area contributed by atoms with Crippen LogP contribution in [-0.4, -0.2) is 16.1 Å². The minimum atomic E-state index is 0.431. The average Bonchev–Trinajstić information content (AvgIpc) is 2.35. The minimum Gasteiger partial charge on any atom is -0.318 e. The van der Waals surface area contributed by atoms with Crippen LogP contribution in [0.5, 0.6) is 0 Å². The van der Waals surface area contributed by atoms with E-state index in [0.717, 1.165) is 5.84 Å². The molecule has 1 unspecified atom stereocenters. The molecule has 2 rings (SSSR count). The third kappa shape index (κ3) is 0.997. The maximum atomic E-state index is 4.30. The fourth-order valence-electron chi connectivity index (χ4n) is 1.25. The summed E-state index contributed by atoms with van der Waals surface area (Å²) in [5.41, 5.74) is 1.37. The molecule has 11 heavy (non-hydrogen) atoms. The van der Waals surface area contributed by atoms with E-state index in [0.29, 0.717) is 5.37 Å². The van der Waals surface area contributed by atoms with Gasteiger partial charge in [0.05, 0.1) is 0 Å². The quantitative estimate of drug-likeness (QED) is 0.512. The molecule has 0 fully saturated rings. The van der Waals surface area contributed by atoms with Gasteiger partial charge in [-0.1, -0.05) is 6.08 Å². The molecule has 0 amide bonds. The Bertz CT molecular complexity index is 265. The van der Waals surface area contributed by atoms with E-state index in [-0.39, 0.29) is 0 Å². The van der Waals surface area contributed by atoms with Crippen molar-refractivity contribution in [1.29, 1.82) is 0 Å². The Kier molecular flexibility index (Phi) is 1.53. The number of rotatable bonds is 0. The molecular weight excluding hydrogens is 156 g/mol. The average molecular weight is 166 g/mol. The number of hydrogen-bond donors (Lipinski definition) is 0. The molecule has 2 heterocycles. The van der Waals surface area contributed by atoms with Crippen LogP contribution < -0.4 is 0 Å². The van der Waals surface area contributed by atoms with Crippen LogP contribution in [0.25, 0.3) is 0 Å². The van der Waals surface area contributed by atoms with Crippen molar-refractivity contribution in [2.24, 2.45) is 4.40 Å². The van der Waals surface area contributed by atoms with Crippen molar-refractivity contribution in [1.82, 2.24) is 4.90 Å². The van der Waals surface area contributed by atoms with E-state index in [1.807, 2.05) is 6.92 Å². The highest BCUT2D eigenvalue weighted by atomic mass is 32.2. The molecule has 0 radical (unpaired) electrons. The van der Waals surface area contributed by atoms with Gasteiger partial charge in [-0.3, -0.25) is 0 Å². The van der Waals surface area contributed by atoms with Crippen LogP contribution in [0.2, 0.25) is 0 Å². The zero-order valence-electron chi connectivity index (χ0n) is 6.61. The highest BCUT2D eigenvalue weighted by molar-refractivity contribution is 7.99. The van der Waals surface area contributed by atoms with Crippen LogP contribution in [0.15, 0.2) is 28.3 Å². The van der Waals surface area contributed by atoms with Crippen molar-refractivity contribution in [3.05, 3.63) is 23.9 Å². The van der Waals surface area contributed by atoms with E-state index in [2.05, 4.69) is 34.6 Å². The Morgan fingerprint density at radius 3 is 3.09 bits per heavy atom. The standard InChI is InChI=1S/C8H10N2S/c1-6-4-3-5-10-7(2)9-11-8(6)10/h3-5,8H,1-2H3. The van der Waals surface area contributed by atoms with Gasteiger partial charge < -0.3 is 4.90 Å². The lowest BCUT2D eigenvalue weighted by atomic mass is 10.2. The summed E-state index contributed by atoms with van der Waals surface area (Å²) in [4.78, 5) is 2.19. The smallest absolute Gasteiger partial charge is 0.123 e. The summed E-state index contributed by atoms with van der Waals surface area (Å²) in [7, 11) is 0. The van der Waals surface area contributed by atoms with Crippen LogP contribution in [0.3, 0.4) is 0 Å². The summed E-state index contributed by atoms with van der Waals surface area (Å²) >= 11 is 1.64. The lowest BCUT2D eigenvalue weighted by Gasteiger charge is -2.24. The second-order valence-corrected chi connectivity index (χ2v) is 3.60. The first-order chi connectivity index (χ1) is 5.29. The van der Waals surface area contributed by atoms with Gasteiger partial charge in [0.25, 0.3) is 0 Å². The van der Waals surface area contributed by atoms with E-state index in [1.165, 1.54) is 5.57 Å². The largest absolute Gasteiger partial charge is 0.318 e. The van der Waals surface area contributed by atoms with Crippen molar-refractivity contribution >= 4 is 17.8 Å². The van der Waals surface area contributed by atoms with Gasteiger partial charge in [0, 0.05) is 18.1 Å². The number of hydrogen-bond acceptors (Lipinski definition) is 3. The molecule has 0 saturated carbocycles. The number of nitrogens with zero attached hydrogens (tertiary/aromatic N) is 2. The molecule has 2 aliphatic heterocycles. The van der Waals surface area contributed by atoms with Gasteiger partial charge >= 0.3 is 0 Å². The Hall–Kier alpha value is -0.700. The molecule has 2 nitrogen and oxygen atoms in total. The molecule has 0 aromatic carbocycles. The molecule has 2 aliphatic rings. The molecule has 1 atom stereocenters. The first kappa shape index (κ1) is 6.98. The van der Waals surface area contributed by atoms with E-state index in [4.69, 9.17) is 0 Å². The summed E-state index contributed by atoms with van der Waals surface area (Å²) in [6.45, 7) is 4.18. The second kappa shape index (κ2) is 2.41. The Labute approximate surface area is 70.8 Å². The van der Waals surface area contributed by atoms with E-state index >= 15 is 0 Å². The zero-order chi connectivity index (χ0) is 7.84. The molecule has 0 aromatic rings. The molecule has 0 bridgehead atoms. The SMILES string of the molecule is CC1=CC=CN2C(C)=NSC12. The van der Waals surface area contributed by atoms with Gasteiger partial charge in [-0.15, -0.1) is 0 Å². The zero-order valence-corrected chi connectivity index (χ0v) is 7.43. The lowest BCUT2D eigenvalue weighted by Crippen LogP contribution is -2.29. The predicted octanol–water partition coefficient (Wildman–Crippen LogP) is 2.17. The maximum absolute atomic E-state index is 4.30. The van der Waals surface area contributed by atoms with Gasteiger partial charge in [-0.2, -0.15) is 0 Å². The number of fused-ring (bicyclic) bond motifs is 1. The third-order valence-corrected chi connectivity index (χ3v) is 3.07. The van der Waals surface area contributed by atoms with Crippen LogP contribution in [-0.2, 0) is 0 Å². The lowest BCUT2D eigenvalue weighted by molar-refractivity contribution is 0.568. The first-order valence-electron chi connectivity index (χ1n) is 3.63. The summed E-state index contributed by atoms with van der Waals surface area (Å²) in [5, 5.41) is 0.431. The molecule has 0 N–H and O–H groups in total. The van der Waals surface area contributed by atoms with Gasteiger partial charge in [0.15, 0.2) is 0 Å². The molecular formula is C8H10N2S. The fraction of sp³-hybridized carbons (Fsp3) is 0.375. The molecule has 0 aromatic heterocycles. The predicted molar refractivity (Wildman–Crippen MR) is 49.2 cm³/mol. The molecule has 0 saturated heterocycles. The Morgan fingerprint density at radius 2 is 2.36 bits per heavy atom. The van der Waals surface area contributed by atoms with Gasteiger partial charge in [-0.05, 0) is 25.5 Å². The third-order valence-electron chi connectivity index (χ3n) is 1.91. The van der Waals surface area contributed by atoms with Crippen molar-refractivity contribution < 1.29 is 0 Å². The van der Waals surface area contributed by atoms with E-state index < -0.39 is 0 Å². The Morgan fingerprint density at radius 1 is 1.55 bits per heavy atom. The number of allylic oxidation sites excluding steroid dienone is 2. The fourth-order valence-corrected chi connectivity index (χ4v) is 2.17. The van der Waals surface area contributed by atoms with Crippen molar-refractivity contribution in [3.8, 4) is 0 Å². The van der Waals surface area contributed by atoms with Crippen LogP contribution in [0.4, 0.5) is 0 Å². The minimum absolute atomic E-state index is 0.431. The van der Waals surface area contributed by atoms with Gasteiger partial charge in [0.1, 0.15) is 11.2 Å². The Balaban J connectivity index is 2.30. The van der Waals surface area contributed by atoms with Crippen molar-refractivity contribution in [2.45, 2.75) is 19.2 Å².